The van der Waals surface area contributed by atoms with Gasteiger partial charge in [-0.15, -0.1) is 0 Å². The van der Waals surface area contributed by atoms with Crippen LogP contribution in [0.1, 0.15) is 0 Å². The number of ether oxygens (including phenoxy) is 1. The number of amides is 1. The summed E-state index contributed by atoms with van der Waals surface area (Å²) in [6, 6.07) is 25.1. The Morgan fingerprint density at radius 2 is 1.50 bits per heavy atom. The van der Waals surface area contributed by atoms with Crippen LogP contribution in [-0.2, 0) is 4.79 Å². The number of hydrogen-bond donors (Lipinski definition) is 2. The van der Waals surface area contributed by atoms with Crippen LogP contribution in [0.25, 0.3) is 0 Å². The van der Waals surface area contributed by atoms with Crippen molar-refractivity contribution in [1.29, 1.82) is 5.26 Å². The molecule has 1 amide bonds. The molecule has 0 saturated carbocycles. The van der Waals surface area contributed by atoms with Crippen LogP contribution in [-0.4, -0.2) is 5.91 Å². The summed E-state index contributed by atoms with van der Waals surface area (Å²) in [5, 5.41) is 15.4. The molecule has 0 spiro atoms. The van der Waals surface area contributed by atoms with Crippen LogP contribution in [0.2, 0.25) is 5.02 Å². The molecule has 6 heteroatoms. The van der Waals surface area contributed by atoms with Gasteiger partial charge >= 0.3 is 0 Å². The first-order valence-corrected chi connectivity index (χ1v) is 8.78. The molecule has 28 heavy (non-hydrogen) atoms. The standard InChI is InChI=1S/C22H16ClN3O2/c23-17-6-8-18(9-7-17)25-15-16(14-24)22(27)26-19-10-12-21(13-11-19)28-20-4-2-1-3-5-20/h1-13,15,25H,(H,26,27)/b16-15-. The van der Waals surface area contributed by atoms with Gasteiger partial charge in [0.05, 0.1) is 0 Å². The maximum Gasteiger partial charge on any atom is 0.267 e. The molecule has 5 nitrogen and oxygen atoms in total. The van der Waals surface area contributed by atoms with E-state index >= 15 is 0 Å². The molecule has 0 aliphatic rings. The first kappa shape index (κ1) is 19.0. The van der Waals surface area contributed by atoms with Gasteiger partial charge in [-0.05, 0) is 60.7 Å². The van der Waals surface area contributed by atoms with Crippen LogP contribution >= 0.6 is 11.6 Å². The number of para-hydroxylation sites is 1. The molecule has 0 aliphatic carbocycles. The second-order valence-corrected chi connectivity index (χ2v) is 6.15. The first-order chi connectivity index (χ1) is 13.6. The Bertz CT molecular complexity index is 1010. The molecule has 138 valence electrons. The van der Waals surface area contributed by atoms with Crippen molar-refractivity contribution in [2.45, 2.75) is 0 Å². The molecular weight excluding hydrogens is 374 g/mol. The molecule has 0 fully saturated rings. The van der Waals surface area contributed by atoms with E-state index < -0.39 is 5.91 Å². The van der Waals surface area contributed by atoms with E-state index in [1.807, 2.05) is 36.4 Å². The Hall–Kier alpha value is -3.75. The van der Waals surface area contributed by atoms with E-state index in [0.29, 0.717) is 22.1 Å². The summed E-state index contributed by atoms with van der Waals surface area (Å²) in [7, 11) is 0. The second kappa shape index (κ2) is 9.26. The predicted molar refractivity (Wildman–Crippen MR) is 110 cm³/mol. The second-order valence-electron chi connectivity index (χ2n) is 5.71. The SMILES string of the molecule is N#C/C(=C/Nc1ccc(Cl)cc1)C(=O)Nc1ccc(Oc2ccccc2)cc1. The average molecular weight is 390 g/mol. The lowest BCUT2D eigenvalue weighted by Gasteiger charge is -2.08. The summed E-state index contributed by atoms with van der Waals surface area (Å²) in [6.45, 7) is 0. The monoisotopic (exact) mass is 389 g/mol. The maximum atomic E-state index is 12.3. The Balaban J connectivity index is 1.61. The highest BCUT2D eigenvalue weighted by molar-refractivity contribution is 6.30. The van der Waals surface area contributed by atoms with E-state index in [1.165, 1.54) is 6.20 Å². The number of hydrogen-bond acceptors (Lipinski definition) is 4. The number of carbonyl (C=O) groups is 1. The summed E-state index contributed by atoms with van der Waals surface area (Å²) in [5.74, 6) is 0.854. The Morgan fingerprint density at radius 1 is 0.893 bits per heavy atom. The summed E-state index contributed by atoms with van der Waals surface area (Å²) in [6.07, 6.45) is 1.35. The summed E-state index contributed by atoms with van der Waals surface area (Å²) >= 11 is 5.83. The number of nitrogens with zero attached hydrogens (tertiary/aromatic N) is 1. The van der Waals surface area contributed by atoms with Crippen molar-refractivity contribution in [3.63, 3.8) is 0 Å². The van der Waals surface area contributed by atoms with E-state index in [2.05, 4.69) is 10.6 Å². The minimum atomic E-state index is -0.513. The van der Waals surface area contributed by atoms with Crippen molar-refractivity contribution in [3.05, 3.63) is 95.7 Å². The van der Waals surface area contributed by atoms with E-state index in [9.17, 15) is 10.1 Å². The van der Waals surface area contributed by atoms with Crippen molar-refractivity contribution < 1.29 is 9.53 Å². The number of nitrogens with one attached hydrogen (secondary N) is 2. The molecule has 0 saturated heterocycles. The number of halogens is 1. The third-order valence-electron chi connectivity index (χ3n) is 3.68. The van der Waals surface area contributed by atoms with E-state index in [-0.39, 0.29) is 5.57 Å². The molecule has 0 heterocycles. The lowest BCUT2D eigenvalue weighted by atomic mass is 10.2. The zero-order valence-electron chi connectivity index (χ0n) is 14.7. The van der Waals surface area contributed by atoms with Gasteiger partial charge in [-0.2, -0.15) is 5.26 Å². The molecule has 0 atom stereocenters. The molecule has 0 radical (unpaired) electrons. The van der Waals surface area contributed by atoms with Crippen molar-refractivity contribution in [1.82, 2.24) is 0 Å². The fourth-order valence-electron chi connectivity index (χ4n) is 2.28. The predicted octanol–water partition coefficient (Wildman–Crippen LogP) is 5.59. The lowest BCUT2D eigenvalue weighted by Crippen LogP contribution is -2.14. The number of anilines is 2. The van der Waals surface area contributed by atoms with Crippen molar-refractivity contribution in [2.24, 2.45) is 0 Å². The highest BCUT2D eigenvalue weighted by Gasteiger charge is 2.09. The van der Waals surface area contributed by atoms with Crippen LogP contribution in [0.5, 0.6) is 11.5 Å². The summed E-state index contributed by atoms with van der Waals surface area (Å²) in [4.78, 5) is 12.3. The number of nitriles is 1. The van der Waals surface area contributed by atoms with E-state index in [0.717, 1.165) is 5.75 Å². The number of carbonyl (C=O) groups excluding carboxylic acids is 1. The van der Waals surface area contributed by atoms with Gasteiger partial charge in [0.1, 0.15) is 23.1 Å². The zero-order chi connectivity index (χ0) is 19.8. The van der Waals surface area contributed by atoms with Gasteiger partial charge in [-0.25, -0.2) is 0 Å². The van der Waals surface area contributed by atoms with Gasteiger partial charge in [0.15, 0.2) is 0 Å². The van der Waals surface area contributed by atoms with Crippen LogP contribution < -0.4 is 15.4 Å². The van der Waals surface area contributed by atoms with Gasteiger partial charge in [0.2, 0.25) is 0 Å². The molecule has 0 bridgehead atoms. The van der Waals surface area contributed by atoms with E-state index in [1.54, 1.807) is 48.5 Å². The first-order valence-electron chi connectivity index (χ1n) is 8.41. The van der Waals surface area contributed by atoms with Crippen LogP contribution in [0.15, 0.2) is 90.6 Å². The average Bonchev–Trinajstić information content (AvgIpc) is 2.72. The molecule has 0 aromatic heterocycles. The van der Waals surface area contributed by atoms with E-state index in [4.69, 9.17) is 16.3 Å². The Kier molecular flexibility index (Phi) is 6.29. The molecule has 2 N–H and O–H groups in total. The van der Waals surface area contributed by atoms with Gasteiger partial charge in [-0.1, -0.05) is 29.8 Å². The lowest BCUT2D eigenvalue weighted by molar-refractivity contribution is -0.112. The highest BCUT2D eigenvalue weighted by Crippen LogP contribution is 2.23. The van der Waals surface area contributed by atoms with Crippen LogP contribution in [0.4, 0.5) is 11.4 Å². The van der Waals surface area contributed by atoms with Gasteiger partial charge in [-0.3, -0.25) is 4.79 Å². The molecule has 3 aromatic carbocycles. The molecular formula is C22H16ClN3O2. The fourth-order valence-corrected chi connectivity index (χ4v) is 2.41. The largest absolute Gasteiger partial charge is 0.457 e. The summed E-state index contributed by atoms with van der Waals surface area (Å²) in [5.41, 5.74) is 1.21. The van der Waals surface area contributed by atoms with Gasteiger partial charge < -0.3 is 15.4 Å². The Morgan fingerprint density at radius 3 is 2.14 bits per heavy atom. The van der Waals surface area contributed by atoms with Crippen molar-refractivity contribution in [3.8, 4) is 17.6 Å². The quantitative estimate of drug-likeness (QED) is 0.425. The number of benzene rings is 3. The highest BCUT2D eigenvalue weighted by atomic mass is 35.5. The molecule has 0 aliphatic heterocycles. The minimum absolute atomic E-state index is 0.0560. The number of rotatable bonds is 6. The van der Waals surface area contributed by atoms with Gasteiger partial charge in [0.25, 0.3) is 5.91 Å². The van der Waals surface area contributed by atoms with Crippen molar-refractivity contribution in [2.75, 3.05) is 10.6 Å². The molecule has 0 unspecified atom stereocenters. The van der Waals surface area contributed by atoms with Crippen LogP contribution in [0, 0.1) is 11.3 Å². The van der Waals surface area contributed by atoms with Gasteiger partial charge in [0, 0.05) is 22.6 Å². The smallest absolute Gasteiger partial charge is 0.267 e. The maximum absolute atomic E-state index is 12.3. The molecule has 3 aromatic rings. The minimum Gasteiger partial charge on any atom is -0.457 e. The molecule has 3 rings (SSSR count). The third kappa shape index (κ3) is 5.37. The fraction of sp³-hybridized carbons (Fsp3) is 0. The summed E-state index contributed by atoms with van der Waals surface area (Å²) < 4.78 is 5.71. The van der Waals surface area contributed by atoms with Crippen molar-refractivity contribution >= 4 is 28.9 Å². The van der Waals surface area contributed by atoms with Crippen LogP contribution in [0.3, 0.4) is 0 Å². The Labute approximate surface area is 167 Å². The topological polar surface area (TPSA) is 74.2 Å². The normalized spacial score (nSPS) is 10.6. The zero-order valence-corrected chi connectivity index (χ0v) is 15.5. The third-order valence-corrected chi connectivity index (χ3v) is 3.94.